The van der Waals surface area contributed by atoms with E-state index in [0.29, 0.717) is 6.54 Å². The lowest BCUT2D eigenvalue weighted by Gasteiger charge is -2.12. The Morgan fingerprint density at radius 1 is 0.964 bits per heavy atom. The van der Waals surface area contributed by atoms with Crippen LogP contribution in [0.1, 0.15) is 31.9 Å². The number of benzene rings is 2. The van der Waals surface area contributed by atoms with Gasteiger partial charge in [0.25, 0.3) is 0 Å². The first-order valence-electron chi connectivity index (χ1n) is 9.54. The maximum absolute atomic E-state index is 11.7. The number of rotatable bonds is 8. The van der Waals surface area contributed by atoms with E-state index in [1.807, 2.05) is 44.2 Å². The highest BCUT2D eigenvalue weighted by atomic mass is 127. The number of nitrogens with one attached hydrogen (secondary N) is 3. The van der Waals surface area contributed by atoms with E-state index in [0.717, 1.165) is 36.7 Å². The first-order valence-corrected chi connectivity index (χ1v) is 9.54. The predicted octanol–water partition coefficient (Wildman–Crippen LogP) is 4.20. The molecule has 0 radical (unpaired) electrons. The summed E-state index contributed by atoms with van der Waals surface area (Å²) < 4.78 is 0. The lowest BCUT2D eigenvalue weighted by Crippen LogP contribution is -2.38. The molecule has 0 fully saturated rings. The number of aliphatic imine (C=N–C) groups is 1. The molecule has 0 aliphatic rings. The molecule has 0 atom stereocenters. The van der Waals surface area contributed by atoms with Crippen LogP contribution in [0.25, 0.3) is 0 Å². The zero-order valence-electron chi connectivity index (χ0n) is 16.9. The Labute approximate surface area is 185 Å². The van der Waals surface area contributed by atoms with Crippen LogP contribution in [0.2, 0.25) is 0 Å². The highest BCUT2D eigenvalue weighted by Crippen LogP contribution is 2.11. The molecule has 5 nitrogen and oxygen atoms in total. The average molecular weight is 494 g/mol. The van der Waals surface area contributed by atoms with Crippen molar-refractivity contribution in [3.05, 3.63) is 65.7 Å². The fourth-order valence-corrected chi connectivity index (χ4v) is 2.46. The molecule has 152 valence electrons. The average Bonchev–Trinajstić information content (AvgIpc) is 2.68. The number of halogens is 1. The molecule has 2 aromatic carbocycles. The quantitative estimate of drug-likeness (QED) is 0.293. The second kappa shape index (κ2) is 13.1. The molecule has 3 N–H and O–H groups in total. The van der Waals surface area contributed by atoms with Crippen LogP contribution in [-0.4, -0.2) is 25.0 Å². The van der Waals surface area contributed by atoms with Gasteiger partial charge in [-0.2, -0.15) is 0 Å². The summed E-state index contributed by atoms with van der Waals surface area (Å²) in [6.07, 6.45) is 0.954. The maximum atomic E-state index is 11.7. The van der Waals surface area contributed by atoms with Gasteiger partial charge in [0.15, 0.2) is 5.96 Å². The Hall–Kier alpha value is -2.09. The highest BCUT2D eigenvalue weighted by Gasteiger charge is 2.06. The Bertz CT molecular complexity index is 730. The fraction of sp³-hybridized carbons (Fsp3) is 0.364. The first-order chi connectivity index (χ1) is 13.1. The second-order valence-electron chi connectivity index (χ2n) is 6.70. The van der Waals surface area contributed by atoms with Gasteiger partial charge in [-0.1, -0.05) is 56.3 Å². The fourth-order valence-electron chi connectivity index (χ4n) is 2.46. The van der Waals surface area contributed by atoms with E-state index in [9.17, 15) is 4.79 Å². The summed E-state index contributed by atoms with van der Waals surface area (Å²) in [4.78, 5) is 16.4. The molecule has 2 aromatic rings. The summed E-state index contributed by atoms with van der Waals surface area (Å²) in [5, 5.41) is 9.54. The van der Waals surface area contributed by atoms with Gasteiger partial charge in [0.1, 0.15) is 0 Å². The largest absolute Gasteiger partial charge is 0.357 e. The van der Waals surface area contributed by atoms with E-state index in [1.54, 1.807) is 0 Å². The summed E-state index contributed by atoms with van der Waals surface area (Å²) in [7, 11) is 0. The van der Waals surface area contributed by atoms with Crippen molar-refractivity contribution >= 4 is 41.5 Å². The summed E-state index contributed by atoms with van der Waals surface area (Å²) >= 11 is 0. The minimum atomic E-state index is -0.0288. The Morgan fingerprint density at radius 2 is 1.64 bits per heavy atom. The zero-order chi connectivity index (χ0) is 19.5. The third kappa shape index (κ3) is 8.73. The maximum Gasteiger partial charge on any atom is 0.226 e. The molecule has 0 spiro atoms. The van der Waals surface area contributed by atoms with Crippen molar-refractivity contribution in [3.8, 4) is 0 Å². The van der Waals surface area contributed by atoms with Gasteiger partial charge >= 0.3 is 0 Å². The van der Waals surface area contributed by atoms with Crippen molar-refractivity contribution in [3.63, 3.8) is 0 Å². The number of carbonyl (C=O) groups excluding carboxylic acids is 1. The number of hydrogen-bond acceptors (Lipinski definition) is 2. The van der Waals surface area contributed by atoms with Crippen LogP contribution >= 0.6 is 24.0 Å². The van der Waals surface area contributed by atoms with Crippen molar-refractivity contribution in [1.82, 2.24) is 10.6 Å². The van der Waals surface area contributed by atoms with E-state index in [2.05, 4.69) is 52.1 Å². The SMILES string of the molecule is CCNC(=NCc1ccc(NC(=O)C(C)C)cc1)NCCc1ccccc1.I. The Kier molecular flexibility index (Phi) is 11.2. The normalized spacial score (nSPS) is 10.9. The lowest BCUT2D eigenvalue weighted by molar-refractivity contribution is -0.118. The van der Waals surface area contributed by atoms with E-state index in [1.165, 1.54) is 5.56 Å². The molecule has 28 heavy (non-hydrogen) atoms. The van der Waals surface area contributed by atoms with Crippen LogP contribution in [0.5, 0.6) is 0 Å². The van der Waals surface area contributed by atoms with E-state index in [4.69, 9.17) is 0 Å². The summed E-state index contributed by atoms with van der Waals surface area (Å²) in [6, 6.07) is 18.2. The van der Waals surface area contributed by atoms with Gasteiger partial charge in [-0.15, -0.1) is 24.0 Å². The predicted molar refractivity (Wildman–Crippen MR) is 128 cm³/mol. The van der Waals surface area contributed by atoms with Crippen LogP contribution < -0.4 is 16.0 Å². The molecule has 2 rings (SSSR count). The van der Waals surface area contributed by atoms with Crippen molar-refractivity contribution in [2.45, 2.75) is 33.7 Å². The molecule has 0 aliphatic carbocycles. The lowest BCUT2D eigenvalue weighted by atomic mass is 10.1. The van der Waals surface area contributed by atoms with Crippen LogP contribution in [0.4, 0.5) is 5.69 Å². The van der Waals surface area contributed by atoms with Crippen LogP contribution in [-0.2, 0) is 17.8 Å². The third-order valence-corrected chi connectivity index (χ3v) is 4.06. The van der Waals surface area contributed by atoms with Crippen molar-refractivity contribution < 1.29 is 4.79 Å². The number of anilines is 1. The standard InChI is InChI=1S/C22H30N4O.HI/c1-4-23-22(24-15-14-18-8-6-5-7-9-18)25-16-19-10-12-20(13-11-19)26-21(27)17(2)3;/h5-13,17H,4,14-16H2,1-3H3,(H,26,27)(H2,23,24,25);1H. The van der Waals surface area contributed by atoms with Gasteiger partial charge in [-0.05, 0) is 36.6 Å². The van der Waals surface area contributed by atoms with Gasteiger partial charge in [-0.3, -0.25) is 4.79 Å². The second-order valence-corrected chi connectivity index (χ2v) is 6.70. The molecule has 0 bridgehead atoms. The van der Waals surface area contributed by atoms with Gasteiger partial charge < -0.3 is 16.0 Å². The summed E-state index contributed by atoms with van der Waals surface area (Å²) in [5.41, 5.74) is 3.21. The van der Waals surface area contributed by atoms with E-state index in [-0.39, 0.29) is 35.8 Å². The van der Waals surface area contributed by atoms with Gasteiger partial charge in [0, 0.05) is 24.7 Å². The topological polar surface area (TPSA) is 65.5 Å². The zero-order valence-corrected chi connectivity index (χ0v) is 19.2. The van der Waals surface area contributed by atoms with E-state index < -0.39 is 0 Å². The summed E-state index contributed by atoms with van der Waals surface area (Å²) in [6.45, 7) is 8.05. The third-order valence-electron chi connectivity index (χ3n) is 4.06. The smallest absolute Gasteiger partial charge is 0.226 e. The summed E-state index contributed by atoms with van der Waals surface area (Å²) in [5.74, 6) is 0.808. The molecular weight excluding hydrogens is 463 g/mol. The highest BCUT2D eigenvalue weighted by molar-refractivity contribution is 14.0. The van der Waals surface area contributed by atoms with E-state index >= 15 is 0 Å². The monoisotopic (exact) mass is 494 g/mol. The molecular formula is C22H31IN4O. The first kappa shape index (κ1) is 23.9. The molecule has 0 heterocycles. The van der Waals surface area contributed by atoms with Crippen LogP contribution in [0.3, 0.4) is 0 Å². The van der Waals surface area contributed by atoms with Crippen LogP contribution in [0.15, 0.2) is 59.6 Å². The molecule has 0 aromatic heterocycles. The number of guanidine groups is 1. The molecule has 0 saturated carbocycles. The molecule has 0 unspecified atom stereocenters. The van der Waals surface area contributed by atoms with Gasteiger partial charge in [-0.25, -0.2) is 4.99 Å². The van der Waals surface area contributed by atoms with Crippen molar-refractivity contribution in [2.24, 2.45) is 10.9 Å². The molecule has 0 aliphatic heterocycles. The van der Waals surface area contributed by atoms with Crippen LogP contribution in [0, 0.1) is 5.92 Å². The van der Waals surface area contributed by atoms with Crippen molar-refractivity contribution in [1.29, 1.82) is 0 Å². The number of hydrogen-bond donors (Lipinski definition) is 3. The Balaban J connectivity index is 0.00000392. The number of nitrogens with zero attached hydrogens (tertiary/aromatic N) is 1. The number of carbonyl (C=O) groups is 1. The number of amides is 1. The molecule has 6 heteroatoms. The minimum absolute atomic E-state index is 0. The minimum Gasteiger partial charge on any atom is -0.357 e. The Morgan fingerprint density at radius 3 is 2.25 bits per heavy atom. The molecule has 1 amide bonds. The molecule has 0 saturated heterocycles. The van der Waals surface area contributed by atoms with Crippen molar-refractivity contribution in [2.75, 3.05) is 18.4 Å². The van der Waals surface area contributed by atoms with Gasteiger partial charge in [0.05, 0.1) is 6.54 Å². The van der Waals surface area contributed by atoms with Gasteiger partial charge in [0.2, 0.25) is 5.91 Å².